The van der Waals surface area contributed by atoms with Gasteiger partial charge in [0.2, 0.25) is 5.91 Å². The molecule has 1 aliphatic rings. The van der Waals surface area contributed by atoms with Crippen LogP contribution in [0.25, 0.3) is 10.2 Å². The largest absolute Gasteiger partial charge is 0.352 e. The third-order valence-corrected chi connectivity index (χ3v) is 5.55. The SMILES string of the molecule is Cc1ccc(CNC(=O)C2CN(c3nc4c(F)cccc4s3)C2)cc1. The van der Waals surface area contributed by atoms with E-state index < -0.39 is 0 Å². The molecule has 1 aliphatic heterocycles. The van der Waals surface area contributed by atoms with E-state index in [1.54, 1.807) is 6.07 Å². The van der Waals surface area contributed by atoms with Gasteiger partial charge in [-0.3, -0.25) is 4.79 Å². The van der Waals surface area contributed by atoms with E-state index in [0.717, 1.165) is 15.4 Å². The Morgan fingerprint density at radius 3 is 2.76 bits per heavy atom. The topological polar surface area (TPSA) is 45.2 Å². The van der Waals surface area contributed by atoms with Crippen LogP contribution in [0.5, 0.6) is 0 Å². The zero-order valence-corrected chi connectivity index (χ0v) is 14.6. The first-order valence-electron chi connectivity index (χ1n) is 8.23. The maximum absolute atomic E-state index is 13.7. The van der Waals surface area contributed by atoms with Gasteiger partial charge in [-0.25, -0.2) is 9.37 Å². The first-order valence-corrected chi connectivity index (χ1v) is 9.05. The smallest absolute Gasteiger partial charge is 0.226 e. The zero-order chi connectivity index (χ0) is 17.4. The molecular formula is C19H18FN3OS. The van der Waals surface area contributed by atoms with E-state index in [2.05, 4.69) is 10.3 Å². The van der Waals surface area contributed by atoms with Crippen molar-refractivity contribution < 1.29 is 9.18 Å². The van der Waals surface area contributed by atoms with Crippen LogP contribution in [0.2, 0.25) is 0 Å². The van der Waals surface area contributed by atoms with Crippen molar-refractivity contribution in [2.75, 3.05) is 18.0 Å². The van der Waals surface area contributed by atoms with Gasteiger partial charge in [-0.05, 0) is 24.6 Å². The van der Waals surface area contributed by atoms with Crippen LogP contribution >= 0.6 is 11.3 Å². The van der Waals surface area contributed by atoms with Crippen molar-refractivity contribution >= 4 is 32.6 Å². The Labute approximate surface area is 149 Å². The Hall–Kier alpha value is -2.47. The number of carbonyl (C=O) groups is 1. The van der Waals surface area contributed by atoms with E-state index in [-0.39, 0.29) is 17.6 Å². The Bertz CT molecular complexity index is 916. The number of nitrogens with zero attached hydrogens (tertiary/aromatic N) is 2. The van der Waals surface area contributed by atoms with Gasteiger partial charge >= 0.3 is 0 Å². The maximum atomic E-state index is 13.7. The summed E-state index contributed by atoms with van der Waals surface area (Å²) in [4.78, 5) is 18.6. The zero-order valence-electron chi connectivity index (χ0n) is 13.8. The summed E-state index contributed by atoms with van der Waals surface area (Å²) >= 11 is 1.46. The number of hydrogen-bond donors (Lipinski definition) is 1. The third kappa shape index (κ3) is 3.22. The molecule has 6 heteroatoms. The molecule has 1 fully saturated rings. The van der Waals surface area contributed by atoms with E-state index in [1.807, 2.05) is 42.2 Å². The third-order valence-electron chi connectivity index (χ3n) is 4.47. The maximum Gasteiger partial charge on any atom is 0.226 e. The summed E-state index contributed by atoms with van der Waals surface area (Å²) < 4.78 is 14.6. The summed E-state index contributed by atoms with van der Waals surface area (Å²) in [5.74, 6) is -0.278. The van der Waals surface area contributed by atoms with E-state index in [4.69, 9.17) is 0 Å². The van der Waals surface area contributed by atoms with Gasteiger partial charge in [0.15, 0.2) is 5.13 Å². The number of nitrogens with one attached hydrogen (secondary N) is 1. The first kappa shape index (κ1) is 16.0. The Kier molecular flexibility index (Phi) is 4.13. The average Bonchev–Trinajstić information content (AvgIpc) is 2.98. The number of aromatic nitrogens is 1. The molecule has 4 rings (SSSR count). The second-order valence-corrected chi connectivity index (χ2v) is 7.40. The molecule has 2 heterocycles. The van der Waals surface area contributed by atoms with Crippen molar-refractivity contribution in [3.05, 3.63) is 59.4 Å². The normalized spacial score (nSPS) is 14.6. The molecule has 0 saturated carbocycles. The fraction of sp³-hybridized carbons (Fsp3) is 0.263. The first-order chi connectivity index (χ1) is 12.1. The predicted octanol–water partition coefficient (Wildman–Crippen LogP) is 3.50. The highest BCUT2D eigenvalue weighted by molar-refractivity contribution is 7.22. The van der Waals surface area contributed by atoms with Crippen LogP contribution in [0.15, 0.2) is 42.5 Å². The number of aryl methyl sites for hydroxylation is 1. The molecule has 0 aliphatic carbocycles. The number of fused-ring (bicyclic) bond motifs is 1. The second-order valence-electron chi connectivity index (χ2n) is 6.39. The number of para-hydroxylation sites is 1. The molecule has 2 aromatic carbocycles. The van der Waals surface area contributed by atoms with Crippen molar-refractivity contribution in [1.29, 1.82) is 0 Å². The number of thiazole rings is 1. The van der Waals surface area contributed by atoms with Crippen molar-refractivity contribution in [3.8, 4) is 0 Å². The molecule has 4 nitrogen and oxygen atoms in total. The molecule has 25 heavy (non-hydrogen) atoms. The summed E-state index contributed by atoms with van der Waals surface area (Å²) in [6.45, 7) is 3.84. The van der Waals surface area contributed by atoms with Crippen LogP contribution in [-0.4, -0.2) is 24.0 Å². The van der Waals surface area contributed by atoms with E-state index in [0.29, 0.717) is 25.2 Å². The Morgan fingerprint density at radius 2 is 2.04 bits per heavy atom. The summed E-state index contributed by atoms with van der Waals surface area (Å²) in [7, 11) is 0. The van der Waals surface area contributed by atoms with Crippen LogP contribution in [0, 0.1) is 18.7 Å². The highest BCUT2D eigenvalue weighted by atomic mass is 32.1. The molecule has 1 N–H and O–H groups in total. The summed E-state index contributed by atoms with van der Waals surface area (Å²) in [6, 6.07) is 13.1. The molecule has 0 bridgehead atoms. The number of amides is 1. The lowest BCUT2D eigenvalue weighted by Crippen LogP contribution is -2.53. The molecule has 128 valence electrons. The molecule has 1 aromatic heterocycles. The monoisotopic (exact) mass is 355 g/mol. The number of rotatable bonds is 4. The number of benzene rings is 2. The summed E-state index contributed by atoms with van der Waals surface area (Å²) in [5.41, 5.74) is 2.71. The van der Waals surface area contributed by atoms with Gasteiger partial charge in [0, 0.05) is 19.6 Å². The second kappa shape index (κ2) is 6.44. The lowest BCUT2D eigenvalue weighted by molar-refractivity contribution is -0.125. The van der Waals surface area contributed by atoms with Crippen LogP contribution < -0.4 is 10.2 Å². The minimum absolute atomic E-state index is 0.0395. The van der Waals surface area contributed by atoms with E-state index >= 15 is 0 Å². The van der Waals surface area contributed by atoms with Gasteiger partial charge < -0.3 is 10.2 Å². The number of halogens is 1. The van der Waals surface area contributed by atoms with Gasteiger partial charge in [-0.15, -0.1) is 0 Å². The van der Waals surface area contributed by atoms with Crippen LogP contribution in [0.1, 0.15) is 11.1 Å². The molecule has 1 amide bonds. The summed E-state index contributed by atoms with van der Waals surface area (Å²) in [5, 5.41) is 3.77. The van der Waals surface area contributed by atoms with Crippen LogP contribution in [-0.2, 0) is 11.3 Å². The predicted molar refractivity (Wildman–Crippen MR) is 98.3 cm³/mol. The highest BCUT2D eigenvalue weighted by Crippen LogP contribution is 2.33. The molecule has 0 unspecified atom stereocenters. The minimum Gasteiger partial charge on any atom is -0.352 e. The molecule has 1 saturated heterocycles. The lowest BCUT2D eigenvalue weighted by atomic mass is 10.00. The fourth-order valence-corrected chi connectivity index (χ4v) is 3.88. The van der Waals surface area contributed by atoms with Gasteiger partial charge in [-0.2, -0.15) is 0 Å². The Balaban J connectivity index is 1.33. The fourth-order valence-electron chi connectivity index (χ4n) is 2.88. The molecule has 0 radical (unpaired) electrons. The van der Waals surface area contributed by atoms with Gasteiger partial charge in [0.05, 0.1) is 10.6 Å². The molecule has 0 atom stereocenters. The van der Waals surface area contributed by atoms with Crippen LogP contribution in [0.4, 0.5) is 9.52 Å². The molecular weight excluding hydrogens is 337 g/mol. The minimum atomic E-state index is -0.298. The summed E-state index contributed by atoms with van der Waals surface area (Å²) in [6.07, 6.45) is 0. The molecule has 3 aromatic rings. The standard InChI is InChI=1S/C19H18FN3OS/c1-12-5-7-13(8-6-12)9-21-18(24)14-10-23(11-14)19-22-17-15(20)3-2-4-16(17)25-19/h2-8,14H,9-11H2,1H3,(H,21,24). The highest BCUT2D eigenvalue weighted by Gasteiger charge is 2.34. The molecule has 0 spiro atoms. The number of carbonyl (C=O) groups excluding carboxylic acids is 1. The quantitative estimate of drug-likeness (QED) is 0.779. The van der Waals surface area contributed by atoms with Gasteiger partial charge in [0.1, 0.15) is 11.3 Å². The van der Waals surface area contributed by atoms with Crippen molar-refractivity contribution in [2.24, 2.45) is 5.92 Å². The number of hydrogen-bond acceptors (Lipinski definition) is 4. The van der Waals surface area contributed by atoms with Crippen molar-refractivity contribution in [2.45, 2.75) is 13.5 Å². The van der Waals surface area contributed by atoms with Crippen molar-refractivity contribution in [3.63, 3.8) is 0 Å². The van der Waals surface area contributed by atoms with E-state index in [9.17, 15) is 9.18 Å². The van der Waals surface area contributed by atoms with Crippen LogP contribution in [0.3, 0.4) is 0 Å². The van der Waals surface area contributed by atoms with Crippen molar-refractivity contribution in [1.82, 2.24) is 10.3 Å². The van der Waals surface area contributed by atoms with Gasteiger partial charge in [0.25, 0.3) is 0 Å². The van der Waals surface area contributed by atoms with E-state index in [1.165, 1.54) is 23.0 Å². The van der Waals surface area contributed by atoms with Gasteiger partial charge in [-0.1, -0.05) is 47.2 Å². The number of anilines is 1. The average molecular weight is 355 g/mol. The Morgan fingerprint density at radius 1 is 1.28 bits per heavy atom. The lowest BCUT2D eigenvalue weighted by Gasteiger charge is -2.37.